The smallest absolute Gasteiger partial charge is 0.191 e. The van der Waals surface area contributed by atoms with Crippen molar-refractivity contribution in [2.24, 2.45) is 4.99 Å². The van der Waals surface area contributed by atoms with Crippen molar-refractivity contribution in [1.29, 1.82) is 0 Å². The molecule has 0 atom stereocenters. The van der Waals surface area contributed by atoms with Crippen LogP contribution < -0.4 is 10.6 Å². The Morgan fingerprint density at radius 2 is 2.05 bits per heavy atom. The Labute approximate surface area is 152 Å². The van der Waals surface area contributed by atoms with Gasteiger partial charge in [-0.15, -0.1) is 35.3 Å². The van der Waals surface area contributed by atoms with Gasteiger partial charge in [-0.25, -0.2) is 4.98 Å². The number of aromatic nitrogens is 1. The Hall–Kier alpha value is -0.930. The van der Waals surface area contributed by atoms with Crippen molar-refractivity contribution in [2.75, 3.05) is 33.9 Å². The van der Waals surface area contributed by atoms with Gasteiger partial charge in [-0.3, -0.25) is 4.99 Å². The van der Waals surface area contributed by atoms with Crippen LogP contribution in [0.25, 0.3) is 10.2 Å². The van der Waals surface area contributed by atoms with Gasteiger partial charge in [0.15, 0.2) is 5.96 Å². The predicted molar refractivity (Wildman–Crippen MR) is 105 cm³/mol. The maximum Gasteiger partial charge on any atom is 0.191 e. The quantitative estimate of drug-likeness (QED) is 0.305. The Balaban J connectivity index is 0.00000242. The zero-order valence-electron chi connectivity index (χ0n) is 13.0. The Morgan fingerprint density at radius 1 is 1.27 bits per heavy atom. The van der Waals surface area contributed by atoms with Gasteiger partial charge < -0.3 is 15.4 Å². The second kappa shape index (κ2) is 10.7. The fourth-order valence-corrected chi connectivity index (χ4v) is 2.97. The van der Waals surface area contributed by atoms with Gasteiger partial charge in [-0.2, -0.15) is 0 Å². The van der Waals surface area contributed by atoms with E-state index in [2.05, 4.69) is 38.8 Å². The van der Waals surface area contributed by atoms with Crippen molar-refractivity contribution < 1.29 is 4.74 Å². The first-order valence-corrected chi connectivity index (χ1v) is 7.93. The van der Waals surface area contributed by atoms with Gasteiger partial charge in [-0.1, -0.05) is 12.1 Å². The summed E-state index contributed by atoms with van der Waals surface area (Å²) in [4.78, 5) is 8.80. The van der Waals surface area contributed by atoms with E-state index in [1.807, 2.05) is 6.07 Å². The molecule has 0 bridgehead atoms. The molecule has 7 heteroatoms. The van der Waals surface area contributed by atoms with Gasteiger partial charge in [-0.05, 0) is 18.6 Å². The van der Waals surface area contributed by atoms with E-state index in [1.54, 1.807) is 25.5 Å². The molecular weight excluding hydrogens is 411 g/mol. The van der Waals surface area contributed by atoms with E-state index in [0.717, 1.165) is 37.4 Å². The summed E-state index contributed by atoms with van der Waals surface area (Å²) in [6.45, 7) is 2.31. The molecule has 0 unspecified atom stereocenters. The molecule has 0 aliphatic rings. The first kappa shape index (κ1) is 19.1. The zero-order valence-corrected chi connectivity index (χ0v) is 16.1. The van der Waals surface area contributed by atoms with Crippen LogP contribution in [0, 0.1) is 0 Å². The maximum atomic E-state index is 5.00. The molecule has 1 aromatic heterocycles. The van der Waals surface area contributed by atoms with E-state index in [4.69, 9.17) is 4.74 Å². The van der Waals surface area contributed by atoms with Gasteiger partial charge in [0.2, 0.25) is 0 Å². The number of nitrogens with one attached hydrogen (secondary N) is 2. The van der Waals surface area contributed by atoms with Crippen LogP contribution in [0.15, 0.2) is 29.3 Å². The second-order valence-electron chi connectivity index (χ2n) is 4.60. The molecule has 22 heavy (non-hydrogen) atoms. The van der Waals surface area contributed by atoms with Crippen molar-refractivity contribution in [3.63, 3.8) is 0 Å². The summed E-state index contributed by atoms with van der Waals surface area (Å²) in [5, 5.41) is 7.68. The fourth-order valence-electron chi connectivity index (χ4n) is 1.97. The van der Waals surface area contributed by atoms with Crippen molar-refractivity contribution in [1.82, 2.24) is 15.6 Å². The number of aryl methyl sites for hydroxylation is 1. The first-order valence-electron chi connectivity index (χ1n) is 7.11. The molecule has 0 radical (unpaired) electrons. The maximum absolute atomic E-state index is 5.00. The highest BCUT2D eigenvalue weighted by Gasteiger charge is 2.03. The Morgan fingerprint density at radius 3 is 2.77 bits per heavy atom. The molecule has 0 fully saturated rings. The normalized spacial score (nSPS) is 11.3. The Bertz CT molecular complexity index is 555. The number of fused-ring (bicyclic) bond motifs is 1. The molecule has 122 valence electrons. The van der Waals surface area contributed by atoms with Crippen LogP contribution in [0.3, 0.4) is 0 Å². The molecule has 0 aliphatic carbocycles. The molecule has 2 N–H and O–H groups in total. The summed E-state index contributed by atoms with van der Waals surface area (Å²) in [5.41, 5.74) is 1.10. The number of methoxy groups -OCH3 is 1. The van der Waals surface area contributed by atoms with Crippen molar-refractivity contribution in [3.05, 3.63) is 29.3 Å². The van der Waals surface area contributed by atoms with Gasteiger partial charge in [0.1, 0.15) is 0 Å². The highest BCUT2D eigenvalue weighted by atomic mass is 127. The van der Waals surface area contributed by atoms with E-state index in [9.17, 15) is 0 Å². The van der Waals surface area contributed by atoms with Crippen molar-refractivity contribution in [3.8, 4) is 0 Å². The molecule has 0 saturated heterocycles. The van der Waals surface area contributed by atoms with Gasteiger partial charge in [0.25, 0.3) is 0 Å². The van der Waals surface area contributed by atoms with Gasteiger partial charge in [0, 0.05) is 33.7 Å². The van der Waals surface area contributed by atoms with Crippen LogP contribution in [0.4, 0.5) is 0 Å². The lowest BCUT2D eigenvalue weighted by molar-refractivity contribution is 0.203. The Kier molecular flexibility index (Phi) is 9.33. The third-order valence-electron chi connectivity index (χ3n) is 3.02. The summed E-state index contributed by atoms with van der Waals surface area (Å²) in [6, 6.07) is 8.27. The third kappa shape index (κ3) is 6.05. The molecule has 2 rings (SSSR count). The van der Waals surface area contributed by atoms with Crippen LogP contribution in [0.1, 0.15) is 11.4 Å². The molecule has 1 aromatic carbocycles. The van der Waals surface area contributed by atoms with E-state index in [0.29, 0.717) is 6.61 Å². The molecule has 2 aromatic rings. The van der Waals surface area contributed by atoms with Crippen LogP contribution in [-0.2, 0) is 11.2 Å². The minimum absolute atomic E-state index is 0. The molecule has 0 saturated carbocycles. The number of halogens is 1. The lowest BCUT2D eigenvalue weighted by Crippen LogP contribution is -2.39. The van der Waals surface area contributed by atoms with Crippen LogP contribution in [0.5, 0.6) is 0 Å². The zero-order chi connectivity index (χ0) is 14.9. The lowest BCUT2D eigenvalue weighted by Gasteiger charge is -2.10. The summed E-state index contributed by atoms with van der Waals surface area (Å²) in [6.07, 6.45) is 2.02. The molecule has 0 spiro atoms. The number of hydrogen-bond donors (Lipinski definition) is 2. The highest BCUT2D eigenvalue weighted by molar-refractivity contribution is 14.0. The first-order chi connectivity index (χ1) is 10.3. The number of benzene rings is 1. The largest absolute Gasteiger partial charge is 0.383 e. The van der Waals surface area contributed by atoms with Gasteiger partial charge in [0.05, 0.1) is 21.8 Å². The number of para-hydroxylation sites is 1. The molecule has 0 aliphatic heterocycles. The monoisotopic (exact) mass is 434 g/mol. The molecular formula is C15H23IN4OS. The van der Waals surface area contributed by atoms with E-state index in [1.165, 1.54) is 9.71 Å². The number of aliphatic imine (C=N–C) groups is 1. The fraction of sp³-hybridized carbons (Fsp3) is 0.467. The topological polar surface area (TPSA) is 58.5 Å². The van der Waals surface area contributed by atoms with E-state index < -0.39 is 0 Å². The minimum Gasteiger partial charge on any atom is -0.383 e. The lowest BCUT2D eigenvalue weighted by atomic mass is 10.3. The van der Waals surface area contributed by atoms with Crippen LogP contribution in [0.2, 0.25) is 0 Å². The minimum atomic E-state index is 0. The summed E-state index contributed by atoms with van der Waals surface area (Å²) < 4.78 is 6.26. The van der Waals surface area contributed by atoms with Crippen LogP contribution in [-0.4, -0.2) is 44.8 Å². The van der Waals surface area contributed by atoms with E-state index in [-0.39, 0.29) is 24.0 Å². The highest BCUT2D eigenvalue weighted by Crippen LogP contribution is 2.22. The number of nitrogens with zero attached hydrogens (tertiary/aromatic N) is 2. The molecule has 1 heterocycles. The standard InChI is InChI=1S/C15H22N4OS.HI/c1-16-15(18-10-11-20-2)17-9-5-8-14-19-12-6-3-4-7-13(12)21-14;/h3-4,6-7H,5,8-11H2,1-2H3,(H2,16,17,18);1H. The average Bonchev–Trinajstić information content (AvgIpc) is 2.92. The number of rotatable bonds is 7. The third-order valence-corrected chi connectivity index (χ3v) is 4.12. The summed E-state index contributed by atoms with van der Waals surface area (Å²) >= 11 is 1.78. The van der Waals surface area contributed by atoms with Crippen molar-refractivity contribution in [2.45, 2.75) is 12.8 Å². The molecule has 5 nitrogen and oxygen atoms in total. The number of guanidine groups is 1. The SMILES string of the molecule is CN=C(NCCCc1nc2ccccc2s1)NCCOC.I. The summed E-state index contributed by atoms with van der Waals surface area (Å²) in [7, 11) is 3.46. The number of hydrogen-bond acceptors (Lipinski definition) is 4. The second-order valence-corrected chi connectivity index (χ2v) is 5.71. The van der Waals surface area contributed by atoms with Gasteiger partial charge >= 0.3 is 0 Å². The predicted octanol–water partition coefficient (Wildman–Crippen LogP) is 2.66. The van der Waals surface area contributed by atoms with E-state index >= 15 is 0 Å². The summed E-state index contributed by atoms with van der Waals surface area (Å²) in [5.74, 6) is 0.816. The average molecular weight is 434 g/mol. The molecule has 0 amide bonds. The number of thiazole rings is 1. The number of ether oxygens (including phenoxy) is 1. The van der Waals surface area contributed by atoms with Crippen molar-refractivity contribution >= 4 is 51.5 Å². The van der Waals surface area contributed by atoms with Crippen LogP contribution >= 0.6 is 35.3 Å².